The molecule has 1 atom stereocenters. The van der Waals surface area contributed by atoms with E-state index in [1.54, 1.807) is 17.0 Å². The summed E-state index contributed by atoms with van der Waals surface area (Å²) in [5.41, 5.74) is 2.23. The first kappa shape index (κ1) is 16.1. The van der Waals surface area contributed by atoms with Gasteiger partial charge in [-0.3, -0.25) is 0 Å². The monoisotopic (exact) mass is 324 g/mol. The number of rotatable bonds is 4. The van der Waals surface area contributed by atoms with Gasteiger partial charge in [0.2, 0.25) is 0 Å². The highest BCUT2D eigenvalue weighted by atomic mass is 16.3. The Balaban J connectivity index is 1.57. The summed E-state index contributed by atoms with van der Waals surface area (Å²) in [5.74, 6) is 0.191. The number of urea groups is 1. The van der Waals surface area contributed by atoms with E-state index in [4.69, 9.17) is 5.11 Å². The van der Waals surface area contributed by atoms with E-state index in [0.29, 0.717) is 18.8 Å². The molecule has 6 heteroatoms. The van der Waals surface area contributed by atoms with Crippen LogP contribution in [0.25, 0.3) is 0 Å². The van der Waals surface area contributed by atoms with Crippen molar-refractivity contribution in [3.05, 3.63) is 54.6 Å². The fourth-order valence-electron chi connectivity index (χ4n) is 2.59. The molecule has 1 heterocycles. The van der Waals surface area contributed by atoms with Crippen molar-refractivity contribution in [2.45, 2.75) is 6.42 Å². The summed E-state index contributed by atoms with van der Waals surface area (Å²) in [6.07, 6.45) is 0.850. The zero-order chi connectivity index (χ0) is 16.8. The number of amides is 2. The quantitative estimate of drug-likeness (QED) is 0.835. The first-order chi connectivity index (χ1) is 11.7. The number of azo groups is 1. The topological polar surface area (TPSA) is 77.3 Å². The van der Waals surface area contributed by atoms with Crippen LogP contribution >= 0.6 is 0 Å². The first-order valence-corrected chi connectivity index (χ1v) is 7.98. The fourth-order valence-corrected chi connectivity index (χ4v) is 2.59. The molecule has 0 radical (unpaired) electrons. The fraction of sp³-hybridized carbons (Fsp3) is 0.278. The molecule has 1 fully saturated rings. The summed E-state index contributed by atoms with van der Waals surface area (Å²) in [4.78, 5) is 13.9. The standard InChI is InChI=1S/C18H20N4O2/c23-13-14-10-11-22(12-14)18(24)19-15-6-8-17(9-7-15)21-20-16-4-2-1-3-5-16/h1-9,14,23H,10-13H2,(H,19,24). The average Bonchev–Trinajstić information content (AvgIpc) is 3.11. The number of carbonyl (C=O) groups excluding carboxylic acids is 1. The van der Waals surface area contributed by atoms with Crippen LogP contribution < -0.4 is 5.32 Å². The molecule has 3 rings (SSSR count). The Morgan fingerprint density at radius 3 is 2.38 bits per heavy atom. The van der Waals surface area contributed by atoms with Gasteiger partial charge >= 0.3 is 6.03 Å². The number of aliphatic hydroxyl groups is 1. The minimum atomic E-state index is -0.135. The Hall–Kier alpha value is -2.73. The number of likely N-dealkylation sites (tertiary alicyclic amines) is 1. The highest BCUT2D eigenvalue weighted by Crippen LogP contribution is 2.21. The second-order valence-corrected chi connectivity index (χ2v) is 5.80. The number of carbonyl (C=O) groups is 1. The second-order valence-electron chi connectivity index (χ2n) is 5.80. The van der Waals surface area contributed by atoms with Gasteiger partial charge in [-0.1, -0.05) is 18.2 Å². The molecule has 2 aromatic carbocycles. The number of hydrogen-bond acceptors (Lipinski definition) is 4. The third kappa shape index (κ3) is 4.17. The van der Waals surface area contributed by atoms with E-state index in [9.17, 15) is 4.79 Å². The van der Waals surface area contributed by atoms with E-state index in [-0.39, 0.29) is 18.6 Å². The van der Waals surface area contributed by atoms with Crippen molar-refractivity contribution in [3.8, 4) is 0 Å². The number of hydrogen-bond donors (Lipinski definition) is 2. The van der Waals surface area contributed by atoms with Gasteiger partial charge in [0.25, 0.3) is 0 Å². The molecule has 2 amide bonds. The van der Waals surface area contributed by atoms with Gasteiger partial charge in [0.1, 0.15) is 0 Å². The Morgan fingerprint density at radius 1 is 1.08 bits per heavy atom. The molecule has 1 aliphatic rings. The van der Waals surface area contributed by atoms with Crippen molar-refractivity contribution in [1.29, 1.82) is 0 Å². The van der Waals surface area contributed by atoms with Gasteiger partial charge < -0.3 is 15.3 Å². The van der Waals surface area contributed by atoms with Gasteiger partial charge in [0.15, 0.2) is 0 Å². The van der Waals surface area contributed by atoms with Crippen molar-refractivity contribution >= 4 is 23.1 Å². The lowest BCUT2D eigenvalue weighted by Crippen LogP contribution is -2.33. The largest absolute Gasteiger partial charge is 0.396 e. The average molecular weight is 324 g/mol. The molecular weight excluding hydrogens is 304 g/mol. The van der Waals surface area contributed by atoms with Crippen LogP contribution in [0.15, 0.2) is 64.8 Å². The Bertz CT molecular complexity index is 701. The maximum Gasteiger partial charge on any atom is 0.321 e. The molecule has 2 aromatic rings. The summed E-state index contributed by atoms with van der Waals surface area (Å²) in [6, 6.07) is 16.6. The van der Waals surface area contributed by atoms with Gasteiger partial charge in [0.05, 0.1) is 11.4 Å². The lowest BCUT2D eigenvalue weighted by Gasteiger charge is -2.17. The van der Waals surface area contributed by atoms with Gasteiger partial charge in [-0.25, -0.2) is 4.79 Å². The van der Waals surface area contributed by atoms with Crippen molar-refractivity contribution in [1.82, 2.24) is 4.90 Å². The van der Waals surface area contributed by atoms with Gasteiger partial charge in [-0.05, 0) is 42.8 Å². The summed E-state index contributed by atoms with van der Waals surface area (Å²) >= 11 is 0. The normalized spacial score (nSPS) is 17.4. The maximum atomic E-state index is 12.2. The smallest absolute Gasteiger partial charge is 0.321 e. The van der Waals surface area contributed by atoms with Gasteiger partial charge in [-0.15, -0.1) is 0 Å². The maximum absolute atomic E-state index is 12.2. The van der Waals surface area contributed by atoms with Crippen molar-refractivity contribution in [2.24, 2.45) is 16.1 Å². The number of nitrogens with one attached hydrogen (secondary N) is 1. The number of benzene rings is 2. The summed E-state index contributed by atoms with van der Waals surface area (Å²) in [7, 11) is 0. The highest BCUT2D eigenvalue weighted by Gasteiger charge is 2.25. The van der Waals surface area contributed by atoms with Crippen LogP contribution in [0, 0.1) is 5.92 Å². The van der Waals surface area contributed by atoms with Crippen LogP contribution in [0.1, 0.15) is 6.42 Å². The third-order valence-corrected chi connectivity index (χ3v) is 3.99. The van der Waals surface area contributed by atoms with Crippen LogP contribution in [0.2, 0.25) is 0 Å². The SMILES string of the molecule is O=C(Nc1ccc(N=Nc2ccccc2)cc1)N1CCC(CO)C1. The molecular formula is C18H20N4O2. The zero-order valence-corrected chi connectivity index (χ0v) is 13.3. The molecule has 0 aliphatic carbocycles. The molecule has 6 nitrogen and oxygen atoms in total. The molecule has 1 saturated heterocycles. The molecule has 1 aliphatic heterocycles. The lowest BCUT2D eigenvalue weighted by atomic mass is 10.1. The third-order valence-electron chi connectivity index (χ3n) is 3.99. The highest BCUT2D eigenvalue weighted by molar-refractivity contribution is 5.89. The number of nitrogens with zero attached hydrogens (tertiary/aromatic N) is 3. The van der Waals surface area contributed by atoms with Gasteiger partial charge in [-0.2, -0.15) is 10.2 Å². The van der Waals surface area contributed by atoms with Crippen molar-refractivity contribution in [3.63, 3.8) is 0 Å². The summed E-state index contributed by atoms with van der Waals surface area (Å²) < 4.78 is 0. The predicted octanol–water partition coefficient (Wildman–Crippen LogP) is 3.95. The van der Waals surface area contributed by atoms with Crippen molar-refractivity contribution < 1.29 is 9.90 Å². The molecule has 0 saturated carbocycles. The minimum absolute atomic E-state index is 0.130. The molecule has 124 valence electrons. The van der Waals surface area contributed by atoms with Crippen LogP contribution in [0.5, 0.6) is 0 Å². The van der Waals surface area contributed by atoms with E-state index in [1.807, 2.05) is 42.5 Å². The van der Waals surface area contributed by atoms with Crippen LogP contribution in [0.4, 0.5) is 21.9 Å². The van der Waals surface area contributed by atoms with E-state index < -0.39 is 0 Å². The Labute approximate surface area is 140 Å². The molecule has 24 heavy (non-hydrogen) atoms. The molecule has 2 N–H and O–H groups in total. The summed E-state index contributed by atoms with van der Waals surface area (Å²) in [5, 5.41) is 20.3. The first-order valence-electron chi connectivity index (χ1n) is 7.98. The number of aliphatic hydroxyl groups excluding tert-OH is 1. The van der Waals surface area contributed by atoms with E-state index in [0.717, 1.165) is 17.8 Å². The van der Waals surface area contributed by atoms with Crippen LogP contribution in [-0.4, -0.2) is 35.7 Å². The van der Waals surface area contributed by atoms with Crippen molar-refractivity contribution in [2.75, 3.05) is 25.0 Å². The zero-order valence-electron chi connectivity index (χ0n) is 13.3. The van der Waals surface area contributed by atoms with Crippen LogP contribution in [0.3, 0.4) is 0 Å². The second kappa shape index (κ2) is 7.70. The Kier molecular flexibility index (Phi) is 5.18. The predicted molar refractivity (Wildman–Crippen MR) is 92.8 cm³/mol. The van der Waals surface area contributed by atoms with Crippen LogP contribution in [-0.2, 0) is 0 Å². The minimum Gasteiger partial charge on any atom is -0.396 e. The van der Waals surface area contributed by atoms with Gasteiger partial charge in [0, 0.05) is 31.3 Å². The summed E-state index contributed by atoms with van der Waals surface area (Å²) in [6.45, 7) is 1.41. The number of anilines is 1. The Morgan fingerprint density at radius 2 is 1.75 bits per heavy atom. The van der Waals surface area contributed by atoms with E-state index >= 15 is 0 Å². The molecule has 1 unspecified atom stereocenters. The van der Waals surface area contributed by atoms with E-state index in [1.165, 1.54) is 0 Å². The van der Waals surface area contributed by atoms with E-state index in [2.05, 4.69) is 15.5 Å². The molecule has 0 bridgehead atoms. The molecule has 0 spiro atoms. The lowest BCUT2D eigenvalue weighted by molar-refractivity contribution is 0.209. The molecule has 0 aromatic heterocycles.